The number of carbonyl (C=O) groups is 2. The normalized spacial score (nSPS) is 19.9. The fourth-order valence-corrected chi connectivity index (χ4v) is 3.52. The van der Waals surface area contributed by atoms with Crippen LogP contribution in [0.3, 0.4) is 0 Å². The van der Waals surface area contributed by atoms with Gasteiger partial charge < -0.3 is 15.3 Å². The summed E-state index contributed by atoms with van der Waals surface area (Å²) in [7, 11) is 0. The minimum absolute atomic E-state index is 0.0154. The fraction of sp³-hybridized carbons (Fsp3) is 0.529. The predicted molar refractivity (Wildman–Crippen MR) is 83.5 cm³/mol. The molecule has 2 amide bonds. The standard InChI is InChI=1S/C17H22N2O3/c20-12-17(9-3-4-10-17)18-15(21)11-19-14-6-2-1-5-13(14)7-8-16(19)22/h1-2,5-6,20H,3-4,7-12H2,(H,18,21). The number of benzene rings is 1. The molecular formula is C17H22N2O3. The van der Waals surface area contributed by atoms with Crippen LogP contribution in [0, 0.1) is 0 Å². The van der Waals surface area contributed by atoms with Gasteiger partial charge in [0.1, 0.15) is 6.54 Å². The van der Waals surface area contributed by atoms with Crippen LogP contribution < -0.4 is 10.2 Å². The van der Waals surface area contributed by atoms with Gasteiger partial charge in [-0.15, -0.1) is 0 Å². The Morgan fingerprint density at radius 1 is 1.23 bits per heavy atom. The van der Waals surface area contributed by atoms with E-state index in [1.807, 2.05) is 24.3 Å². The summed E-state index contributed by atoms with van der Waals surface area (Å²) in [6, 6.07) is 7.72. The molecule has 0 radical (unpaired) electrons. The number of hydrogen-bond acceptors (Lipinski definition) is 3. The van der Waals surface area contributed by atoms with Gasteiger partial charge in [-0.3, -0.25) is 9.59 Å². The van der Waals surface area contributed by atoms with Crippen molar-refractivity contribution in [2.75, 3.05) is 18.1 Å². The number of rotatable bonds is 4. The molecule has 0 bridgehead atoms. The summed E-state index contributed by atoms with van der Waals surface area (Å²) in [5, 5.41) is 12.5. The number of nitrogens with one attached hydrogen (secondary N) is 1. The van der Waals surface area contributed by atoms with E-state index in [0.29, 0.717) is 6.42 Å². The molecule has 0 spiro atoms. The molecule has 1 heterocycles. The number of fused-ring (bicyclic) bond motifs is 1. The highest BCUT2D eigenvalue weighted by molar-refractivity contribution is 6.01. The number of nitrogens with zero attached hydrogens (tertiary/aromatic N) is 1. The molecule has 0 unspecified atom stereocenters. The third kappa shape index (κ3) is 2.86. The van der Waals surface area contributed by atoms with Gasteiger partial charge in [-0.1, -0.05) is 31.0 Å². The van der Waals surface area contributed by atoms with Gasteiger partial charge in [0.2, 0.25) is 11.8 Å². The van der Waals surface area contributed by atoms with Crippen molar-refractivity contribution in [3.05, 3.63) is 29.8 Å². The van der Waals surface area contributed by atoms with E-state index < -0.39 is 5.54 Å². The Hall–Kier alpha value is -1.88. The molecule has 118 valence electrons. The molecule has 0 atom stereocenters. The van der Waals surface area contributed by atoms with E-state index in [9.17, 15) is 14.7 Å². The summed E-state index contributed by atoms with van der Waals surface area (Å²) < 4.78 is 0. The molecule has 1 fully saturated rings. The Bertz CT molecular complexity index is 579. The molecule has 2 aliphatic rings. The average Bonchev–Trinajstić information content (AvgIpc) is 2.99. The molecular weight excluding hydrogens is 280 g/mol. The number of para-hydroxylation sites is 1. The largest absolute Gasteiger partial charge is 0.394 e. The minimum atomic E-state index is -0.491. The zero-order valence-corrected chi connectivity index (χ0v) is 12.7. The van der Waals surface area contributed by atoms with Crippen LogP contribution >= 0.6 is 0 Å². The van der Waals surface area contributed by atoms with Gasteiger partial charge in [-0.25, -0.2) is 0 Å². The predicted octanol–water partition coefficient (Wildman–Crippen LogP) is 1.39. The van der Waals surface area contributed by atoms with Crippen LogP contribution in [0.4, 0.5) is 5.69 Å². The molecule has 1 aromatic carbocycles. The Kier molecular flexibility index (Phi) is 4.16. The first-order chi connectivity index (χ1) is 10.6. The maximum atomic E-state index is 12.4. The van der Waals surface area contributed by atoms with Gasteiger partial charge in [0.15, 0.2) is 0 Å². The Morgan fingerprint density at radius 3 is 2.68 bits per heavy atom. The Labute approximate surface area is 130 Å². The summed E-state index contributed by atoms with van der Waals surface area (Å²) in [6.45, 7) is -0.0130. The van der Waals surface area contributed by atoms with Crippen LogP contribution in [0.25, 0.3) is 0 Å². The lowest BCUT2D eigenvalue weighted by Crippen LogP contribution is -2.53. The smallest absolute Gasteiger partial charge is 0.240 e. The molecule has 0 aromatic heterocycles. The van der Waals surface area contributed by atoms with E-state index in [4.69, 9.17) is 0 Å². The Morgan fingerprint density at radius 2 is 1.95 bits per heavy atom. The van der Waals surface area contributed by atoms with Gasteiger partial charge in [0, 0.05) is 12.1 Å². The van der Waals surface area contributed by atoms with Crippen molar-refractivity contribution in [1.29, 1.82) is 0 Å². The highest BCUT2D eigenvalue weighted by Gasteiger charge is 2.35. The molecule has 1 aromatic rings. The van der Waals surface area contributed by atoms with Gasteiger partial charge in [0.25, 0.3) is 0 Å². The monoisotopic (exact) mass is 302 g/mol. The number of carbonyl (C=O) groups excluding carboxylic acids is 2. The van der Waals surface area contributed by atoms with Gasteiger partial charge in [0.05, 0.1) is 12.1 Å². The van der Waals surface area contributed by atoms with Gasteiger partial charge in [-0.05, 0) is 30.9 Å². The second-order valence-corrected chi connectivity index (χ2v) is 6.30. The van der Waals surface area contributed by atoms with Crippen molar-refractivity contribution in [3.8, 4) is 0 Å². The van der Waals surface area contributed by atoms with Crippen molar-refractivity contribution in [3.63, 3.8) is 0 Å². The first kappa shape index (κ1) is 15.0. The first-order valence-corrected chi connectivity index (χ1v) is 7.94. The third-order valence-corrected chi connectivity index (χ3v) is 4.76. The van der Waals surface area contributed by atoms with Crippen molar-refractivity contribution in [2.24, 2.45) is 0 Å². The number of amides is 2. The fourth-order valence-electron chi connectivity index (χ4n) is 3.52. The highest BCUT2D eigenvalue weighted by atomic mass is 16.3. The Balaban J connectivity index is 1.72. The van der Waals surface area contributed by atoms with Crippen LogP contribution in [0.5, 0.6) is 0 Å². The van der Waals surface area contributed by atoms with E-state index >= 15 is 0 Å². The minimum Gasteiger partial charge on any atom is -0.394 e. The van der Waals surface area contributed by atoms with E-state index in [2.05, 4.69) is 5.32 Å². The molecule has 1 saturated carbocycles. The molecule has 5 nitrogen and oxygen atoms in total. The van der Waals surface area contributed by atoms with E-state index in [1.54, 1.807) is 4.90 Å². The molecule has 1 aliphatic heterocycles. The molecule has 22 heavy (non-hydrogen) atoms. The number of anilines is 1. The maximum Gasteiger partial charge on any atom is 0.240 e. The molecule has 0 saturated heterocycles. The second kappa shape index (κ2) is 6.08. The molecule has 2 N–H and O–H groups in total. The van der Waals surface area contributed by atoms with Crippen molar-refractivity contribution in [2.45, 2.75) is 44.1 Å². The molecule has 5 heteroatoms. The highest BCUT2D eigenvalue weighted by Crippen LogP contribution is 2.30. The number of aliphatic hydroxyl groups excluding tert-OH is 1. The number of aliphatic hydroxyl groups is 1. The lowest BCUT2D eigenvalue weighted by atomic mass is 9.98. The summed E-state index contributed by atoms with van der Waals surface area (Å²) in [5.74, 6) is -0.209. The molecule has 3 rings (SSSR count). The van der Waals surface area contributed by atoms with Gasteiger partial charge >= 0.3 is 0 Å². The van der Waals surface area contributed by atoms with Crippen molar-refractivity contribution >= 4 is 17.5 Å². The summed E-state index contributed by atoms with van der Waals surface area (Å²) >= 11 is 0. The zero-order valence-electron chi connectivity index (χ0n) is 12.7. The lowest BCUT2D eigenvalue weighted by molar-refractivity contribution is -0.125. The summed E-state index contributed by atoms with van der Waals surface area (Å²) in [6.07, 6.45) is 4.82. The van der Waals surface area contributed by atoms with Crippen LogP contribution in [0.1, 0.15) is 37.7 Å². The summed E-state index contributed by atoms with van der Waals surface area (Å²) in [4.78, 5) is 26.1. The zero-order chi connectivity index (χ0) is 15.6. The summed E-state index contributed by atoms with van der Waals surface area (Å²) in [5.41, 5.74) is 1.45. The topological polar surface area (TPSA) is 69.6 Å². The second-order valence-electron chi connectivity index (χ2n) is 6.30. The molecule has 1 aliphatic carbocycles. The van der Waals surface area contributed by atoms with E-state index in [-0.39, 0.29) is 25.0 Å². The van der Waals surface area contributed by atoms with E-state index in [0.717, 1.165) is 43.4 Å². The van der Waals surface area contributed by atoms with Crippen LogP contribution in [0.15, 0.2) is 24.3 Å². The SMILES string of the molecule is O=C(CN1C(=O)CCc2ccccc21)NC1(CO)CCCC1. The number of hydrogen-bond donors (Lipinski definition) is 2. The van der Waals surface area contributed by atoms with Crippen LogP contribution in [-0.4, -0.2) is 35.6 Å². The quantitative estimate of drug-likeness (QED) is 0.883. The van der Waals surface area contributed by atoms with Crippen molar-refractivity contribution in [1.82, 2.24) is 5.32 Å². The number of aryl methyl sites for hydroxylation is 1. The van der Waals surface area contributed by atoms with E-state index in [1.165, 1.54) is 0 Å². The van der Waals surface area contributed by atoms with Crippen LogP contribution in [-0.2, 0) is 16.0 Å². The van der Waals surface area contributed by atoms with Crippen LogP contribution in [0.2, 0.25) is 0 Å². The first-order valence-electron chi connectivity index (χ1n) is 7.94. The third-order valence-electron chi connectivity index (χ3n) is 4.76. The lowest BCUT2D eigenvalue weighted by Gasteiger charge is -2.32. The van der Waals surface area contributed by atoms with Gasteiger partial charge in [-0.2, -0.15) is 0 Å². The average molecular weight is 302 g/mol. The van der Waals surface area contributed by atoms with Crippen molar-refractivity contribution < 1.29 is 14.7 Å². The maximum absolute atomic E-state index is 12.4.